The summed E-state index contributed by atoms with van der Waals surface area (Å²) in [5.74, 6) is 1.56. The lowest BCUT2D eigenvalue weighted by atomic mass is 9.71. The van der Waals surface area contributed by atoms with Crippen LogP contribution in [-0.2, 0) is 22.6 Å². The highest BCUT2D eigenvalue weighted by molar-refractivity contribution is 5.87. The molecule has 3 aliphatic heterocycles. The lowest BCUT2D eigenvalue weighted by molar-refractivity contribution is -0.136. The first-order chi connectivity index (χ1) is 15.1. The van der Waals surface area contributed by atoms with Crippen LogP contribution in [0.2, 0.25) is 0 Å². The fourth-order valence-electron chi connectivity index (χ4n) is 5.55. The maximum Gasteiger partial charge on any atom is 0.231 e. The Hall–Kier alpha value is -3.03. The number of fused-ring (bicyclic) bond motifs is 3. The quantitative estimate of drug-likeness (QED) is 0.736. The second kappa shape index (κ2) is 7.90. The van der Waals surface area contributed by atoms with E-state index in [4.69, 9.17) is 9.47 Å². The van der Waals surface area contributed by atoms with Crippen LogP contribution in [0.1, 0.15) is 38.2 Å². The summed E-state index contributed by atoms with van der Waals surface area (Å²) in [4.78, 5) is 28.5. The number of benzene rings is 1. The molecule has 31 heavy (non-hydrogen) atoms. The molecule has 1 N–H and O–H groups in total. The van der Waals surface area contributed by atoms with E-state index in [1.165, 1.54) is 0 Å². The van der Waals surface area contributed by atoms with Crippen LogP contribution >= 0.6 is 0 Å². The molecule has 8 heteroatoms. The van der Waals surface area contributed by atoms with Gasteiger partial charge in [0.15, 0.2) is 11.5 Å². The number of hydrogen-bond acceptors (Lipinski definition) is 5. The van der Waals surface area contributed by atoms with E-state index >= 15 is 0 Å². The summed E-state index contributed by atoms with van der Waals surface area (Å²) in [7, 11) is 0. The molecule has 0 unspecified atom stereocenters. The topological polar surface area (TPSA) is 85.7 Å². The van der Waals surface area contributed by atoms with Gasteiger partial charge in [-0.05, 0) is 49.4 Å². The first-order valence-electron chi connectivity index (χ1n) is 11.1. The number of amides is 2. The van der Waals surface area contributed by atoms with Gasteiger partial charge in [0.25, 0.3) is 0 Å². The van der Waals surface area contributed by atoms with Crippen molar-refractivity contribution in [1.29, 1.82) is 0 Å². The van der Waals surface area contributed by atoms with Crippen LogP contribution in [0.3, 0.4) is 0 Å². The van der Waals surface area contributed by atoms with E-state index < -0.39 is 5.41 Å². The SMILES string of the molecule is CC[C@]1(C(=O)NCCn2cccn2)C[C@H]2CC[C@@H]1N2C(=O)Cc1ccc2c(c1)OCO2. The first kappa shape index (κ1) is 19.9. The maximum atomic E-state index is 13.3. The van der Waals surface area contributed by atoms with Crippen molar-refractivity contribution in [2.24, 2.45) is 5.41 Å². The molecular weight excluding hydrogens is 396 g/mol. The molecule has 2 saturated heterocycles. The number of aromatic nitrogens is 2. The smallest absolute Gasteiger partial charge is 0.231 e. The molecule has 3 aliphatic rings. The molecule has 0 aliphatic carbocycles. The Balaban J connectivity index is 1.26. The van der Waals surface area contributed by atoms with Crippen molar-refractivity contribution in [3.05, 3.63) is 42.2 Å². The highest BCUT2D eigenvalue weighted by Crippen LogP contribution is 2.52. The zero-order valence-corrected chi connectivity index (χ0v) is 17.8. The van der Waals surface area contributed by atoms with Crippen molar-refractivity contribution in [2.45, 2.75) is 57.7 Å². The average molecular weight is 425 g/mol. The third-order valence-electron chi connectivity index (χ3n) is 7.09. The maximum absolute atomic E-state index is 13.3. The largest absolute Gasteiger partial charge is 0.454 e. The minimum atomic E-state index is -0.502. The zero-order valence-electron chi connectivity index (χ0n) is 17.8. The van der Waals surface area contributed by atoms with Gasteiger partial charge in [-0.25, -0.2) is 0 Å². The molecule has 8 nitrogen and oxygen atoms in total. The molecule has 1 aromatic heterocycles. The molecule has 2 aromatic rings. The molecule has 2 fully saturated rings. The van der Waals surface area contributed by atoms with Gasteiger partial charge in [0, 0.05) is 31.0 Å². The third-order valence-corrected chi connectivity index (χ3v) is 7.09. The average Bonchev–Trinajstić information content (AvgIpc) is 3.56. The van der Waals surface area contributed by atoms with Crippen LogP contribution in [0.4, 0.5) is 0 Å². The normalized spacial score (nSPS) is 25.8. The van der Waals surface area contributed by atoms with Gasteiger partial charge in [-0.1, -0.05) is 13.0 Å². The predicted octanol–water partition coefficient (Wildman–Crippen LogP) is 2.13. The van der Waals surface area contributed by atoms with E-state index in [0.29, 0.717) is 31.0 Å². The Kier molecular flexibility index (Phi) is 5.08. The van der Waals surface area contributed by atoms with Gasteiger partial charge < -0.3 is 19.7 Å². The van der Waals surface area contributed by atoms with Crippen molar-refractivity contribution < 1.29 is 19.1 Å². The number of rotatable bonds is 7. The van der Waals surface area contributed by atoms with Gasteiger partial charge in [-0.15, -0.1) is 0 Å². The second-order valence-corrected chi connectivity index (χ2v) is 8.65. The molecule has 5 rings (SSSR count). The number of carbonyl (C=O) groups excluding carboxylic acids is 2. The van der Waals surface area contributed by atoms with Crippen molar-refractivity contribution in [3.8, 4) is 11.5 Å². The van der Waals surface area contributed by atoms with Gasteiger partial charge in [0.2, 0.25) is 18.6 Å². The highest BCUT2D eigenvalue weighted by Gasteiger charge is 2.59. The van der Waals surface area contributed by atoms with Gasteiger partial charge >= 0.3 is 0 Å². The standard InChI is InChI=1S/C23H28N4O4/c1-2-23(22(29)24-9-11-26-10-3-8-25-26)14-17-5-7-20(23)27(17)21(28)13-16-4-6-18-19(12-16)31-15-30-18/h3-4,6,8,10,12,17,20H,2,5,7,9,11,13-15H2,1H3,(H,24,29)/t17-,20+,23+/m1/s1. The Labute approximate surface area is 181 Å². The van der Waals surface area contributed by atoms with E-state index in [9.17, 15) is 9.59 Å². The van der Waals surface area contributed by atoms with E-state index in [2.05, 4.69) is 17.3 Å². The number of nitrogens with zero attached hydrogens (tertiary/aromatic N) is 3. The summed E-state index contributed by atoms with van der Waals surface area (Å²) in [6.07, 6.45) is 7.26. The number of carbonyl (C=O) groups is 2. The summed E-state index contributed by atoms with van der Waals surface area (Å²) < 4.78 is 12.6. The van der Waals surface area contributed by atoms with Gasteiger partial charge in [-0.2, -0.15) is 5.10 Å². The molecule has 4 heterocycles. The molecule has 2 amide bonds. The van der Waals surface area contributed by atoms with Crippen LogP contribution < -0.4 is 14.8 Å². The van der Waals surface area contributed by atoms with E-state index in [1.807, 2.05) is 35.4 Å². The van der Waals surface area contributed by atoms with Crippen molar-refractivity contribution in [3.63, 3.8) is 0 Å². The van der Waals surface area contributed by atoms with Crippen molar-refractivity contribution in [2.75, 3.05) is 13.3 Å². The summed E-state index contributed by atoms with van der Waals surface area (Å²) in [6, 6.07) is 7.63. The van der Waals surface area contributed by atoms with E-state index in [-0.39, 0.29) is 30.7 Å². The van der Waals surface area contributed by atoms with Gasteiger partial charge in [0.05, 0.1) is 18.4 Å². The van der Waals surface area contributed by atoms with Crippen LogP contribution in [-0.4, -0.2) is 51.9 Å². The van der Waals surface area contributed by atoms with Crippen LogP contribution in [0.25, 0.3) is 0 Å². The summed E-state index contributed by atoms with van der Waals surface area (Å²) >= 11 is 0. The monoisotopic (exact) mass is 424 g/mol. The zero-order chi connectivity index (χ0) is 21.4. The van der Waals surface area contributed by atoms with Crippen molar-refractivity contribution in [1.82, 2.24) is 20.0 Å². The Morgan fingerprint density at radius 3 is 2.94 bits per heavy atom. The fourth-order valence-corrected chi connectivity index (χ4v) is 5.55. The van der Waals surface area contributed by atoms with Crippen LogP contribution in [0.5, 0.6) is 11.5 Å². The van der Waals surface area contributed by atoms with Gasteiger partial charge in [0.1, 0.15) is 0 Å². The molecule has 2 bridgehead atoms. The third kappa shape index (κ3) is 3.43. The fraction of sp³-hybridized carbons (Fsp3) is 0.522. The summed E-state index contributed by atoms with van der Waals surface area (Å²) in [5, 5.41) is 7.29. The lowest BCUT2D eigenvalue weighted by Crippen LogP contribution is -2.50. The molecule has 0 saturated carbocycles. The molecule has 0 radical (unpaired) electrons. The molecule has 164 valence electrons. The lowest BCUT2D eigenvalue weighted by Gasteiger charge is -2.35. The van der Waals surface area contributed by atoms with Crippen LogP contribution in [0.15, 0.2) is 36.7 Å². The minimum absolute atomic E-state index is 0.0336. The number of ether oxygens (including phenoxy) is 2. The van der Waals surface area contributed by atoms with E-state index in [0.717, 1.165) is 31.2 Å². The first-order valence-corrected chi connectivity index (χ1v) is 11.1. The minimum Gasteiger partial charge on any atom is -0.454 e. The van der Waals surface area contributed by atoms with Gasteiger partial charge in [-0.3, -0.25) is 14.3 Å². The summed E-state index contributed by atoms with van der Waals surface area (Å²) in [6.45, 7) is 3.45. The summed E-state index contributed by atoms with van der Waals surface area (Å²) in [5.41, 5.74) is 0.406. The van der Waals surface area contributed by atoms with Crippen LogP contribution in [0, 0.1) is 5.41 Å². The molecule has 1 aromatic carbocycles. The predicted molar refractivity (Wildman–Crippen MR) is 113 cm³/mol. The Bertz CT molecular complexity index is 976. The highest BCUT2D eigenvalue weighted by atomic mass is 16.7. The molecular formula is C23H28N4O4. The van der Waals surface area contributed by atoms with Crippen molar-refractivity contribution >= 4 is 11.8 Å². The second-order valence-electron chi connectivity index (χ2n) is 8.65. The molecule has 0 spiro atoms. The Morgan fingerprint density at radius 2 is 2.13 bits per heavy atom. The number of hydrogen-bond donors (Lipinski definition) is 1. The van der Waals surface area contributed by atoms with E-state index in [1.54, 1.807) is 10.9 Å². The number of nitrogens with one attached hydrogen (secondary N) is 1. The Morgan fingerprint density at radius 1 is 1.26 bits per heavy atom. The molecule has 3 atom stereocenters.